The van der Waals surface area contributed by atoms with Gasteiger partial charge in [0.1, 0.15) is 0 Å². The predicted molar refractivity (Wildman–Crippen MR) is 227 cm³/mol. The molecule has 0 saturated carbocycles. The minimum absolute atomic E-state index is 0.0121. The zero-order chi connectivity index (χ0) is 51.3. The molecule has 258 valence electrons. The molecule has 0 radical (unpaired) electrons. The van der Waals surface area contributed by atoms with Crippen LogP contribution in [0.1, 0.15) is 23.3 Å². The van der Waals surface area contributed by atoms with E-state index < -0.39 is 114 Å². The molecule has 10 aromatic rings. The van der Waals surface area contributed by atoms with E-state index in [9.17, 15) is 6.85 Å². The summed E-state index contributed by atoms with van der Waals surface area (Å²) in [7, 11) is 0. The van der Waals surface area contributed by atoms with E-state index in [1.54, 1.807) is 48.5 Å². The van der Waals surface area contributed by atoms with Gasteiger partial charge in [-0.25, -0.2) is 15.0 Å². The summed E-state index contributed by atoms with van der Waals surface area (Å²) in [5, 5.41) is -0.559. The molecule has 55 heavy (non-hydrogen) atoms. The Kier molecular flexibility index (Phi) is 4.80. The quantitative estimate of drug-likeness (QED) is 0.165. The van der Waals surface area contributed by atoms with Crippen LogP contribution >= 0.6 is 0 Å². The zero-order valence-electron chi connectivity index (χ0n) is 45.6. The van der Waals surface area contributed by atoms with Gasteiger partial charge in [-0.05, 0) is 57.6 Å². The molecule has 0 bridgehead atoms. The van der Waals surface area contributed by atoms with Gasteiger partial charge in [0, 0.05) is 21.9 Å². The molecule has 0 aliphatic heterocycles. The first kappa shape index (κ1) is 19.1. The summed E-state index contributed by atoms with van der Waals surface area (Å²) < 4.78 is 153. The fourth-order valence-corrected chi connectivity index (χ4v) is 6.61. The average molecular weight is 720 g/mol. The van der Waals surface area contributed by atoms with E-state index in [1.165, 1.54) is 4.57 Å². The smallest absolute Gasteiger partial charge is 0.166 e. The Morgan fingerprint density at radius 3 is 1.65 bits per heavy atom. The SMILES string of the molecule is [2H]c1c([2H])c([2H])c(-c2nc(-c3ccccc3)nc(-c3c(-c4ccc(-c5ccccc5)cc4)cccc3-n3c4c([2H])c([2H])c([2H])c([2H])c4c4c([2H])c(-c5c([2H])c([2H])c([2H])c([2H])c5[2H])c([2H])c([2H])c43)n2)c([2H])c1[2H]. The van der Waals surface area contributed by atoms with Crippen LogP contribution in [0.15, 0.2) is 206 Å². The van der Waals surface area contributed by atoms with Gasteiger partial charge in [0.15, 0.2) is 17.5 Å². The largest absolute Gasteiger partial charge is 0.308 e. The van der Waals surface area contributed by atoms with Gasteiger partial charge in [-0.2, -0.15) is 0 Å². The molecule has 10 rings (SSSR count). The summed E-state index contributed by atoms with van der Waals surface area (Å²) in [6, 6.07) is 19.1. The Hall–Kier alpha value is -7.43. The summed E-state index contributed by atoms with van der Waals surface area (Å²) in [6.07, 6.45) is 0. The van der Waals surface area contributed by atoms with Gasteiger partial charge in [-0.15, -0.1) is 0 Å². The van der Waals surface area contributed by atoms with Gasteiger partial charge >= 0.3 is 0 Å². The monoisotopic (exact) mass is 719 g/mol. The number of para-hydroxylation sites is 1. The molecule has 0 spiro atoms. The van der Waals surface area contributed by atoms with E-state index >= 15 is 0 Å². The van der Waals surface area contributed by atoms with Crippen molar-refractivity contribution in [2.75, 3.05) is 0 Å². The first-order valence-corrected chi connectivity index (χ1v) is 17.1. The summed E-state index contributed by atoms with van der Waals surface area (Å²) >= 11 is 0. The second-order valence-corrected chi connectivity index (χ2v) is 12.3. The molecule has 0 saturated heterocycles. The van der Waals surface area contributed by atoms with Crippen molar-refractivity contribution in [2.45, 2.75) is 0 Å². The van der Waals surface area contributed by atoms with Crippen molar-refractivity contribution in [1.29, 1.82) is 0 Å². The van der Waals surface area contributed by atoms with Crippen LogP contribution < -0.4 is 0 Å². The third-order valence-corrected chi connectivity index (χ3v) is 9.11. The van der Waals surface area contributed by atoms with Gasteiger partial charge in [0.25, 0.3) is 0 Å². The van der Waals surface area contributed by atoms with Gasteiger partial charge in [0.2, 0.25) is 0 Å². The van der Waals surface area contributed by atoms with E-state index in [0.717, 1.165) is 11.1 Å². The Morgan fingerprint density at radius 2 is 0.927 bits per heavy atom. The van der Waals surface area contributed by atoms with E-state index in [2.05, 4.69) is 4.98 Å². The molecule has 0 unspecified atom stereocenters. The summed E-state index contributed by atoms with van der Waals surface area (Å²) in [4.78, 5) is 14.5. The van der Waals surface area contributed by atoms with Crippen LogP contribution in [0.3, 0.4) is 0 Å². The van der Waals surface area contributed by atoms with Crippen LogP contribution in [-0.4, -0.2) is 19.5 Å². The van der Waals surface area contributed by atoms with E-state index in [4.69, 9.17) is 26.4 Å². The Balaban J connectivity index is 1.40. The van der Waals surface area contributed by atoms with Crippen molar-refractivity contribution in [3.63, 3.8) is 0 Å². The van der Waals surface area contributed by atoms with Crippen LogP contribution in [-0.2, 0) is 0 Å². The number of fused-ring (bicyclic) bond motifs is 3. The third kappa shape index (κ3) is 5.96. The average Bonchev–Trinajstić information content (AvgIpc) is 3.77. The number of hydrogen-bond acceptors (Lipinski definition) is 3. The van der Waals surface area contributed by atoms with Crippen LogP contribution in [0, 0.1) is 0 Å². The molecule has 0 amide bonds. The molecule has 4 heteroatoms. The maximum atomic E-state index is 9.76. The van der Waals surface area contributed by atoms with Crippen molar-refractivity contribution < 1.29 is 23.3 Å². The first-order valence-electron chi connectivity index (χ1n) is 25.6. The lowest BCUT2D eigenvalue weighted by Crippen LogP contribution is -2.05. The molecule has 0 aliphatic rings. The van der Waals surface area contributed by atoms with Gasteiger partial charge < -0.3 is 4.57 Å². The number of rotatable bonds is 7. The standard InChI is InChI=1S/C51H34N4/c1-5-16-35(17-6-1)37-28-30-38(31-29-37)42-25-15-27-47(48(42)51-53-49(39-20-9-3-10-21-39)52-50(54-51)40-22-11-4-12-23-40)55-45-26-14-13-24-43(45)44-34-41(32-33-46(44)55)36-18-7-2-8-19-36/h1-34H/i2D,3D,7D,8D,9D,10D,13D,14D,18D,19D,20D,21D,24D,26D,32D,33D,34D. The van der Waals surface area contributed by atoms with E-state index in [-0.39, 0.29) is 56.1 Å². The summed E-state index contributed by atoms with van der Waals surface area (Å²) in [5.41, 5.74) is 1.42. The lowest BCUT2D eigenvalue weighted by molar-refractivity contribution is 1.06. The fourth-order valence-electron chi connectivity index (χ4n) is 6.61. The normalized spacial score (nSPS) is 15.6. The van der Waals surface area contributed by atoms with Crippen LogP contribution in [0.4, 0.5) is 0 Å². The maximum Gasteiger partial charge on any atom is 0.166 e. The highest BCUT2D eigenvalue weighted by molar-refractivity contribution is 6.11. The highest BCUT2D eigenvalue weighted by atomic mass is 15.1. The van der Waals surface area contributed by atoms with Gasteiger partial charge in [-0.1, -0.05) is 182 Å². The molecule has 0 N–H and O–H groups in total. The molecule has 2 aromatic heterocycles. The van der Waals surface area contributed by atoms with Crippen molar-refractivity contribution in [3.05, 3.63) is 206 Å². The third-order valence-electron chi connectivity index (χ3n) is 9.11. The molecule has 0 fully saturated rings. The minimum Gasteiger partial charge on any atom is -0.308 e. The zero-order valence-corrected chi connectivity index (χ0v) is 28.6. The fraction of sp³-hybridized carbons (Fsp3) is 0. The van der Waals surface area contributed by atoms with Crippen LogP contribution in [0.5, 0.6) is 0 Å². The topological polar surface area (TPSA) is 43.6 Å². The Morgan fingerprint density at radius 1 is 0.364 bits per heavy atom. The summed E-state index contributed by atoms with van der Waals surface area (Å²) in [5.74, 6) is -0.455. The molecular weight excluding hydrogens is 669 g/mol. The van der Waals surface area contributed by atoms with E-state index in [0.29, 0.717) is 16.7 Å². The second kappa shape index (κ2) is 13.8. The number of hydrogen-bond donors (Lipinski definition) is 0. The van der Waals surface area contributed by atoms with Crippen LogP contribution in [0.2, 0.25) is 0 Å². The van der Waals surface area contributed by atoms with Crippen molar-refractivity contribution in [2.24, 2.45) is 0 Å². The lowest BCUT2D eigenvalue weighted by atomic mass is 9.95. The number of aromatic nitrogens is 4. The first-order chi connectivity index (χ1) is 34.3. The Labute approximate surface area is 343 Å². The van der Waals surface area contributed by atoms with Crippen molar-refractivity contribution in [1.82, 2.24) is 19.5 Å². The molecule has 0 aliphatic carbocycles. The van der Waals surface area contributed by atoms with Gasteiger partial charge in [0.05, 0.1) is 45.6 Å². The molecular formula is C51H34N4. The van der Waals surface area contributed by atoms with E-state index in [1.807, 2.05) is 54.6 Å². The van der Waals surface area contributed by atoms with Crippen molar-refractivity contribution >= 4 is 21.8 Å². The Bertz CT molecular complexity index is 3880. The highest BCUT2D eigenvalue weighted by Gasteiger charge is 2.23. The number of benzene rings is 8. The van der Waals surface area contributed by atoms with Gasteiger partial charge in [-0.3, -0.25) is 0 Å². The predicted octanol–water partition coefficient (Wildman–Crippen LogP) is 13.0. The maximum absolute atomic E-state index is 9.76. The van der Waals surface area contributed by atoms with Crippen LogP contribution in [0.25, 0.3) is 95.0 Å². The minimum atomic E-state index is -0.755. The number of nitrogens with zero attached hydrogens (tertiary/aromatic N) is 4. The molecule has 4 nitrogen and oxygen atoms in total. The molecule has 2 heterocycles. The molecule has 0 atom stereocenters. The summed E-state index contributed by atoms with van der Waals surface area (Å²) in [6.45, 7) is 0. The highest BCUT2D eigenvalue weighted by Crippen LogP contribution is 2.42. The van der Waals surface area contributed by atoms with Crippen molar-refractivity contribution in [3.8, 4) is 73.2 Å². The second-order valence-electron chi connectivity index (χ2n) is 12.3. The lowest BCUT2D eigenvalue weighted by Gasteiger charge is -2.18. The molecule has 8 aromatic carbocycles.